The zero-order valence-corrected chi connectivity index (χ0v) is 7.57. The third kappa shape index (κ3) is 3.75. The number of nitrogens with two attached hydrogens (primary N) is 1. The normalized spacial score (nSPS) is 11.1. The molecule has 0 aromatic carbocycles. The Hall–Kier alpha value is -1.08. The van der Waals surface area contributed by atoms with Gasteiger partial charge in [-0.25, -0.2) is 13.5 Å². The molecule has 7 heteroatoms. The molecule has 1 rings (SSSR count). The van der Waals surface area contributed by atoms with Crippen LogP contribution < -0.4 is 5.73 Å². The van der Waals surface area contributed by atoms with Gasteiger partial charge in [0.1, 0.15) is 6.61 Å². The highest BCUT2D eigenvalue weighted by molar-refractivity contribution is 4.90. The monoisotopic (exact) mass is 206 g/mol. The molecule has 0 atom stereocenters. The number of alkyl halides is 2. The Labute approximate surface area is 79.8 Å². The van der Waals surface area contributed by atoms with Crippen molar-refractivity contribution in [2.45, 2.75) is 19.5 Å². The van der Waals surface area contributed by atoms with E-state index in [0.29, 0.717) is 18.8 Å². The molecular formula is C7H12F2N4O. The van der Waals surface area contributed by atoms with Gasteiger partial charge in [-0.15, -0.1) is 5.10 Å². The Kier molecular flexibility index (Phi) is 4.41. The van der Waals surface area contributed by atoms with E-state index < -0.39 is 13.0 Å². The molecule has 5 nitrogen and oxygen atoms in total. The van der Waals surface area contributed by atoms with Gasteiger partial charge in [0, 0.05) is 12.7 Å². The molecule has 0 aliphatic heterocycles. The lowest BCUT2D eigenvalue weighted by molar-refractivity contribution is 0.0139. The molecule has 0 amide bonds. The molecule has 0 saturated heterocycles. The molecule has 1 aromatic rings. The van der Waals surface area contributed by atoms with Crippen molar-refractivity contribution in [1.29, 1.82) is 0 Å². The molecule has 1 aromatic heterocycles. The fraction of sp³-hybridized carbons (Fsp3) is 0.714. The quantitative estimate of drug-likeness (QED) is 0.666. The van der Waals surface area contributed by atoms with E-state index in [2.05, 4.69) is 15.0 Å². The summed E-state index contributed by atoms with van der Waals surface area (Å²) in [5.41, 5.74) is 5.98. The molecule has 0 fully saturated rings. The van der Waals surface area contributed by atoms with Gasteiger partial charge >= 0.3 is 0 Å². The van der Waals surface area contributed by atoms with Gasteiger partial charge in [-0.05, 0) is 0 Å². The van der Waals surface area contributed by atoms with Crippen LogP contribution in [0.3, 0.4) is 0 Å². The number of halogens is 2. The van der Waals surface area contributed by atoms with Gasteiger partial charge in [-0.3, -0.25) is 0 Å². The second kappa shape index (κ2) is 5.61. The minimum atomic E-state index is -2.43. The summed E-state index contributed by atoms with van der Waals surface area (Å²) >= 11 is 0. The Morgan fingerprint density at radius 1 is 1.57 bits per heavy atom. The first-order chi connectivity index (χ1) is 6.72. The average molecular weight is 206 g/mol. The SMILES string of the molecule is NCc1cn(CCOCC(F)F)nn1. The Morgan fingerprint density at radius 3 is 2.93 bits per heavy atom. The van der Waals surface area contributed by atoms with Crippen LogP contribution in [0.5, 0.6) is 0 Å². The lowest BCUT2D eigenvalue weighted by Gasteiger charge is -2.02. The third-order valence-electron chi connectivity index (χ3n) is 1.50. The average Bonchev–Trinajstić information content (AvgIpc) is 2.60. The van der Waals surface area contributed by atoms with Gasteiger partial charge in [0.25, 0.3) is 6.43 Å². The fourth-order valence-corrected chi connectivity index (χ4v) is 0.872. The van der Waals surface area contributed by atoms with Crippen LogP contribution >= 0.6 is 0 Å². The van der Waals surface area contributed by atoms with E-state index in [1.165, 1.54) is 4.68 Å². The van der Waals surface area contributed by atoms with Crippen molar-refractivity contribution in [3.8, 4) is 0 Å². The van der Waals surface area contributed by atoms with Gasteiger partial charge in [0.15, 0.2) is 0 Å². The first kappa shape index (κ1) is 11.0. The Balaban J connectivity index is 2.18. The first-order valence-corrected chi connectivity index (χ1v) is 4.17. The summed E-state index contributed by atoms with van der Waals surface area (Å²) in [7, 11) is 0. The minimum absolute atomic E-state index is 0.192. The van der Waals surface area contributed by atoms with E-state index in [-0.39, 0.29) is 6.61 Å². The second-order valence-corrected chi connectivity index (χ2v) is 2.64. The molecule has 0 aliphatic rings. The number of aromatic nitrogens is 3. The molecule has 0 saturated carbocycles. The zero-order chi connectivity index (χ0) is 10.4. The van der Waals surface area contributed by atoms with Gasteiger partial charge in [0.2, 0.25) is 0 Å². The summed E-state index contributed by atoms with van der Waals surface area (Å²) in [6.07, 6.45) is -0.767. The number of rotatable bonds is 6. The second-order valence-electron chi connectivity index (χ2n) is 2.64. The summed E-state index contributed by atoms with van der Waals surface area (Å²) < 4.78 is 29.5. The fourth-order valence-electron chi connectivity index (χ4n) is 0.872. The van der Waals surface area contributed by atoms with Crippen molar-refractivity contribution in [1.82, 2.24) is 15.0 Å². The number of ether oxygens (including phenoxy) is 1. The van der Waals surface area contributed by atoms with Crippen molar-refractivity contribution in [3.05, 3.63) is 11.9 Å². The minimum Gasteiger partial charge on any atom is -0.374 e. The van der Waals surface area contributed by atoms with Crippen LogP contribution in [0.15, 0.2) is 6.20 Å². The van der Waals surface area contributed by atoms with E-state index in [1.54, 1.807) is 6.20 Å². The molecule has 14 heavy (non-hydrogen) atoms. The molecule has 2 N–H and O–H groups in total. The standard InChI is InChI=1S/C7H12F2N4O/c8-7(9)5-14-2-1-13-4-6(3-10)11-12-13/h4,7H,1-3,5,10H2. The molecule has 0 unspecified atom stereocenters. The predicted octanol–water partition coefficient (Wildman–Crippen LogP) is 0.0185. The van der Waals surface area contributed by atoms with E-state index in [9.17, 15) is 8.78 Å². The summed E-state index contributed by atoms with van der Waals surface area (Å²) in [6.45, 7) is 0.369. The number of hydrogen-bond acceptors (Lipinski definition) is 4. The molecule has 0 aliphatic carbocycles. The summed E-state index contributed by atoms with van der Waals surface area (Å²) in [5, 5.41) is 7.46. The summed E-state index contributed by atoms with van der Waals surface area (Å²) in [4.78, 5) is 0. The van der Waals surface area contributed by atoms with Crippen LogP contribution in [0.1, 0.15) is 5.69 Å². The van der Waals surface area contributed by atoms with Crippen LogP contribution in [0.4, 0.5) is 8.78 Å². The van der Waals surface area contributed by atoms with E-state index in [1.807, 2.05) is 0 Å². The van der Waals surface area contributed by atoms with Gasteiger partial charge in [-0.1, -0.05) is 5.21 Å². The van der Waals surface area contributed by atoms with Crippen molar-refractivity contribution in [2.24, 2.45) is 5.73 Å². The Bertz CT molecular complexity index is 266. The maximum absolute atomic E-state index is 11.6. The van der Waals surface area contributed by atoms with Crippen LogP contribution in [0, 0.1) is 0 Å². The molecule has 1 heterocycles. The van der Waals surface area contributed by atoms with Gasteiger partial charge < -0.3 is 10.5 Å². The van der Waals surface area contributed by atoms with E-state index in [4.69, 9.17) is 5.73 Å². The number of hydrogen-bond donors (Lipinski definition) is 1. The highest BCUT2D eigenvalue weighted by Gasteiger charge is 2.02. The zero-order valence-electron chi connectivity index (χ0n) is 7.57. The lowest BCUT2D eigenvalue weighted by Crippen LogP contribution is -2.11. The molecule has 0 radical (unpaired) electrons. The van der Waals surface area contributed by atoms with E-state index >= 15 is 0 Å². The topological polar surface area (TPSA) is 66.0 Å². The summed E-state index contributed by atoms with van der Waals surface area (Å²) in [5.74, 6) is 0. The lowest BCUT2D eigenvalue weighted by atomic mass is 10.5. The van der Waals surface area contributed by atoms with Crippen LogP contribution in [0.25, 0.3) is 0 Å². The largest absolute Gasteiger partial charge is 0.374 e. The molecule has 0 spiro atoms. The van der Waals surface area contributed by atoms with Gasteiger partial charge in [-0.2, -0.15) is 0 Å². The highest BCUT2D eigenvalue weighted by Crippen LogP contribution is 1.94. The van der Waals surface area contributed by atoms with Crippen molar-refractivity contribution >= 4 is 0 Å². The first-order valence-electron chi connectivity index (χ1n) is 4.17. The number of nitrogens with zero attached hydrogens (tertiary/aromatic N) is 3. The summed E-state index contributed by atoms with van der Waals surface area (Å²) in [6, 6.07) is 0. The van der Waals surface area contributed by atoms with Gasteiger partial charge in [0.05, 0.1) is 18.8 Å². The molecule has 80 valence electrons. The predicted molar refractivity (Wildman–Crippen MR) is 44.7 cm³/mol. The molecular weight excluding hydrogens is 194 g/mol. The van der Waals surface area contributed by atoms with E-state index in [0.717, 1.165) is 0 Å². The smallest absolute Gasteiger partial charge is 0.261 e. The Morgan fingerprint density at radius 2 is 2.36 bits per heavy atom. The maximum Gasteiger partial charge on any atom is 0.261 e. The van der Waals surface area contributed by atoms with Crippen LogP contribution in [-0.4, -0.2) is 34.6 Å². The van der Waals surface area contributed by atoms with Crippen LogP contribution in [-0.2, 0) is 17.8 Å². The highest BCUT2D eigenvalue weighted by atomic mass is 19.3. The third-order valence-corrected chi connectivity index (χ3v) is 1.50. The van der Waals surface area contributed by atoms with Crippen molar-refractivity contribution < 1.29 is 13.5 Å². The molecule has 0 bridgehead atoms. The van der Waals surface area contributed by atoms with Crippen molar-refractivity contribution in [3.63, 3.8) is 0 Å². The maximum atomic E-state index is 11.6. The van der Waals surface area contributed by atoms with Crippen molar-refractivity contribution in [2.75, 3.05) is 13.2 Å². The van der Waals surface area contributed by atoms with Crippen LogP contribution in [0.2, 0.25) is 0 Å².